The van der Waals surface area contributed by atoms with E-state index < -0.39 is 0 Å². The Bertz CT molecular complexity index is 861. The monoisotopic (exact) mass is 304 g/mol. The lowest BCUT2D eigenvalue weighted by Crippen LogP contribution is -2.10. The minimum Gasteiger partial charge on any atom is -0.453 e. The summed E-state index contributed by atoms with van der Waals surface area (Å²) in [6.07, 6.45) is 0. The molecular formula is C18H16N4O. The van der Waals surface area contributed by atoms with Gasteiger partial charge in [0.2, 0.25) is 0 Å². The second kappa shape index (κ2) is 5.81. The molecule has 0 atom stereocenters. The summed E-state index contributed by atoms with van der Waals surface area (Å²) >= 11 is 0. The van der Waals surface area contributed by atoms with Crippen LogP contribution in [0.4, 0.5) is 0 Å². The predicted octanol–water partition coefficient (Wildman–Crippen LogP) is 3.18. The summed E-state index contributed by atoms with van der Waals surface area (Å²) in [4.78, 5) is 0. The van der Waals surface area contributed by atoms with E-state index >= 15 is 0 Å². The zero-order valence-electron chi connectivity index (χ0n) is 12.3. The second-order valence-corrected chi connectivity index (χ2v) is 5.15. The zero-order valence-corrected chi connectivity index (χ0v) is 12.3. The fourth-order valence-corrected chi connectivity index (χ4v) is 2.31. The molecule has 5 heteroatoms. The lowest BCUT2D eigenvalue weighted by atomic mass is 10.0. The standard InChI is InChI=1S/C18H16N4O/c19-17(20)14-7-3-12(4-8-14)11-1-5-13(6-2-11)15-9-10-16(23-15)18(21)22/h1-10H,(H3,19,20)(H3,21,22). The highest BCUT2D eigenvalue weighted by Crippen LogP contribution is 2.26. The highest BCUT2D eigenvalue weighted by molar-refractivity contribution is 5.95. The van der Waals surface area contributed by atoms with Crippen LogP contribution in [-0.2, 0) is 0 Å². The topological polar surface area (TPSA) is 113 Å². The quantitative estimate of drug-likeness (QED) is 0.438. The molecule has 0 saturated carbocycles. The molecule has 2 aromatic carbocycles. The molecular weight excluding hydrogens is 288 g/mol. The van der Waals surface area contributed by atoms with Crippen LogP contribution in [0.3, 0.4) is 0 Å². The molecule has 6 N–H and O–H groups in total. The van der Waals surface area contributed by atoms with Gasteiger partial charge in [-0.2, -0.15) is 0 Å². The average molecular weight is 304 g/mol. The van der Waals surface area contributed by atoms with Crippen molar-refractivity contribution in [2.24, 2.45) is 11.5 Å². The van der Waals surface area contributed by atoms with E-state index in [0.717, 1.165) is 16.7 Å². The third kappa shape index (κ3) is 2.98. The summed E-state index contributed by atoms with van der Waals surface area (Å²) in [5.74, 6) is 1.02. The van der Waals surface area contributed by atoms with Crippen LogP contribution in [0, 0.1) is 10.8 Å². The fourth-order valence-electron chi connectivity index (χ4n) is 2.31. The van der Waals surface area contributed by atoms with E-state index in [0.29, 0.717) is 17.1 Å². The van der Waals surface area contributed by atoms with Gasteiger partial charge in [-0.05, 0) is 23.3 Å². The maximum atomic E-state index is 7.41. The van der Waals surface area contributed by atoms with Gasteiger partial charge in [0.15, 0.2) is 11.6 Å². The van der Waals surface area contributed by atoms with Crippen LogP contribution in [0.2, 0.25) is 0 Å². The van der Waals surface area contributed by atoms with Crippen molar-refractivity contribution in [1.82, 2.24) is 0 Å². The van der Waals surface area contributed by atoms with Gasteiger partial charge in [0.25, 0.3) is 0 Å². The van der Waals surface area contributed by atoms with Gasteiger partial charge in [0, 0.05) is 11.1 Å². The van der Waals surface area contributed by atoms with Crippen molar-refractivity contribution in [3.8, 4) is 22.5 Å². The van der Waals surface area contributed by atoms with Crippen molar-refractivity contribution in [1.29, 1.82) is 10.8 Å². The number of benzene rings is 2. The van der Waals surface area contributed by atoms with Crippen LogP contribution >= 0.6 is 0 Å². The molecule has 0 aliphatic rings. The molecule has 0 unspecified atom stereocenters. The smallest absolute Gasteiger partial charge is 0.168 e. The van der Waals surface area contributed by atoms with Gasteiger partial charge in [-0.15, -0.1) is 0 Å². The average Bonchev–Trinajstić information content (AvgIpc) is 3.05. The van der Waals surface area contributed by atoms with Crippen molar-refractivity contribution in [3.63, 3.8) is 0 Å². The van der Waals surface area contributed by atoms with E-state index in [-0.39, 0.29) is 11.7 Å². The summed E-state index contributed by atoms with van der Waals surface area (Å²) < 4.78 is 5.53. The second-order valence-electron chi connectivity index (χ2n) is 5.15. The number of furan rings is 1. The lowest BCUT2D eigenvalue weighted by Gasteiger charge is -2.05. The molecule has 114 valence electrons. The van der Waals surface area contributed by atoms with Crippen LogP contribution in [0.25, 0.3) is 22.5 Å². The van der Waals surface area contributed by atoms with Crippen LogP contribution in [0.1, 0.15) is 11.3 Å². The third-order valence-corrected chi connectivity index (χ3v) is 3.57. The first-order valence-electron chi connectivity index (χ1n) is 7.04. The van der Waals surface area contributed by atoms with Gasteiger partial charge in [-0.3, -0.25) is 10.8 Å². The first-order chi connectivity index (χ1) is 11.0. The molecule has 23 heavy (non-hydrogen) atoms. The number of nitrogens with two attached hydrogens (primary N) is 2. The van der Waals surface area contributed by atoms with Gasteiger partial charge in [-0.25, -0.2) is 0 Å². The molecule has 0 bridgehead atoms. The summed E-state index contributed by atoms with van der Waals surface area (Å²) in [5, 5.41) is 14.8. The molecule has 3 aromatic rings. The van der Waals surface area contributed by atoms with Crippen molar-refractivity contribution < 1.29 is 4.42 Å². The summed E-state index contributed by atoms with van der Waals surface area (Å²) in [7, 11) is 0. The molecule has 5 nitrogen and oxygen atoms in total. The Morgan fingerprint density at radius 1 is 0.652 bits per heavy atom. The lowest BCUT2D eigenvalue weighted by molar-refractivity contribution is 0.571. The summed E-state index contributed by atoms with van der Waals surface area (Å²) in [6, 6.07) is 18.9. The Morgan fingerprint density at radius 3 is 1.65 bits per heavy atom. The Labute approximate surface area is 133 Å². The molecule has 0 aliphatic heterocycles. The molecule has 0 fully saturated rings. The van der Waals surface area contributed by atoms with Gasteiger partial charge >= 0.3 is 0 Å². The Morgan fingerprint density at radius 2 is 1.17 bits per heavy atom. The van der Waals surface area contributed by atoms with E-state index in [4.69, 9.17) is 26.7 Å². The van der Waals surface area contributed by atoms with E-state index in [9.17, 15) is 0 Å². The first-order valence-corrected chi connectivity index (χ1v) is 7.04. The molecule has 1 aromatic heterocycles. The molecule has 0 amide bonds. The van der Waals surface area contributed by atoms with Gasteiger partial charge in [-0.1, -0.05) is 48.5 Å². The van der Waals surface area contributed by atoms with Crippen molar-refractivity contribution in [2.45, 2.75) is 0 Å². The summed E-state index contributed by atoms with van der Waals surface area (Å²) in [5.41, 5.74) is 14.6. The van der Waals surface area contributed by atoms with Crippen LogP contribution < -0.4 is 11.5 Å². The Kier molecular flexibility index (Phi) is 3.68. The number of amidine groups is 2. The SMILES string of the molecule is N=C(N)c1ccc(-c2ccc(-c3ccc(C(=N)N)o3)cc2)cc1. The highest BCUT2D eigenvalue weighted by atomic mass is 16.3. The molecule has 0 aliphatic carbocycles. The van der Waals surface area contributed by atoms with E-state index in [1.807, 2.05) is 48.5 Å². The zero-order chi connectivity index (χ0) is 16.4. The van der Waals surface area contributed by atoms with E-state index in [1.54, 1.807) is 12.1 Å². The number of rotatable bonds is 4. The summed E-state index contributed by atoms with van der Waals surface area (Å²) in [6.45, 7) is 0. The highest BCUT2D eigenvalue weighted by Gasteiger charge is 2.07. The maximum Gasteiger partial charge on any atom is 0.168 e. The molecule has 3 rings (SSSR count). The Balaban J connectivity index is 1.86. The number of hydrogen-bond donors (Lipinski definition) is 4. The largest absolute Gasteiger partial charge is 0.453 e. The molecule has 1 heterocycles. The van der Waals surface area contributed by atoms with Crippen LogP contribution in [-0.4, -0.2) is 11.7 Å². The minimum absolute atomic E-state index is 0.0611. The molecule has 0 spiro atoms. The van der Waals surface area contributed by atoms with Crippen LogP contribution in [0.5, 0.6) is 0 Å². The van der Waals surface area contributed by atoms with Gasteiger partial charge in [0.1, 0.15) is 11.6 Å². The first kappa shape index (κ1) is 14.6. The van der Waals surface area contributed by atoms with Crippen molar-refractivity contribution in [3.05, 3.63) is 72.0 Å². The van der Waals surface area contributed by atoms with Gasteiger partial charge < -0.3 is 15.9 Å². The van der Waals surface area contributed by atoms with E-state index in [2.05, 4.69) is 0 Å². The van der Waals surface area contributed by atoms with E-state index in [1.165, 1.54) is 0 Å². The minimum atomic E-state index is -0.0848. The van der Waals surface area contributed by atoms with Gasteiger partial charge in [0.05, 0.1) is 0 Å². The van der Waals surface area contributed by atoms with Crippen LogP contribution in [0.15, 0.2) is 65.1 Å². The normalized spacial score (nSPS) is 10.4. The Hall–Kier alpha value is -3.34. The predicted molar refractivity (Wildman–Crippen MR) is 91.6 cm³/mol. The fraction of sp³-hybridized carbons (Fsp3) is 0. The molecule has 0 radical (unpaired) electrons. The van der Waals surface area contributed by atoms with Crippen molar-refractivity contribution >= 4 is 11.7 Å². The number of nitrogen functional groups attached to an aromatic ring is 2. The maximum absolute atomic E-state index is 7.41. The number of nitrogens with one attached hydrogen (secondary N) is 2. The molecule has 0 saturated heterocycles. The number of hydrogen-bond acceptors (Lipinski definition) is 3. The third-order valence-electron chi connectivity index (χ3n) is 3.57. The van der Waals surface area contributed by atoms with Crippen molar-refractivity contribution in [2.75, 3.05) is 0 Å².